The number of hydrogen-bond acceptors (Lipinski definition) is 4. The van der Waals surface area contributed by atoms with Crippen molar-refractivity contribution in [2.75, 3.05) is 19.7 Å². The maximum Gasteiger partial charge on any atom is 0.0809 e. The molecule has 0 radical (unpaired) electrons. The summed E-state index contributed by atoms with van der Waals surface area (Å²) in [6.45, 7) is 16.5. The van der Waals surface area contributed by atoms with Gasteiger partial charge in [0.05, 0.1) is 24.9 Å². The minimum absolute atomic E-state index is 0.344. The lowest BCUT2D eigenvalue weighted by atomic mass is 9.61. The van der Waals surface area contributed by atoms with Crippen LogP contribution in [0.3, 0.4) is 0 Å². The number of allylic oxidation sites excluding steroid dienone is 3. The highest BCUT2D eigenvalue weighted by atomic mass is 16.5. The third-order valence-electron chi connectivity index (χ3n) is 9.28. The highest BCUT2D eigenvalue weighted by Gasteiger charge is 2.51. The fourth-order valence-corrected chi connectivity index (χ4v) is 7.36. The van der Waals surface area contributed by atoms with Crippen molar-refractivity contribution in [3.05, 3.63) is 35.5 Å². The van der Waals surface area contributed by atoms with E-state index in [0.29, 0.717) is 47.8 Å². The zero-order chi connectivity index (χ0) is 23.0. The van der Waals surface area contributed by atoms with Gasteiger partial charge in [-0.15, -0.1) is 0 Å². The summed E-state index contributed by atoms with van der Waals surface area (Å²) in [5.74, 6) is 2.15. The molecular formula is C28H45NO3. The molecule has 0 aromatic rings. The van der Waals surface area contributed by atoms with Crippen molar-refractivity contribution in [3.63, 3.8) is 0 Å². The van der Waals surface area contributed by atoms with Gasteiger partial charge >= 0.3 is 0 Å². The second-order valence-corrected chi connectivity index (χ2v) is 11.6. The zero-order valence-electron chi connectivity index (χ0n) is 20.7. The summed E-state index contributed by atoms with van der Waals surface area (Å²) in [4.78, 5) is 2.66. The first-order valence-electron chi connectivity index (χ1n) is 13.0. The number of hydrogen-bond donors (Lipinski definition) is 2. The van der Waals surface area contributed by atoms with Crippen molar-refractivity contribution in [2.45, 2.75) is 97.0 Å². The maximum atomic E-state index is 10.2. The van der Waals surface area contributed by atoms with Crippen LogP contribution in [-0.4, -0.2) is 59.2 Å². The molecule has 180 valence electrons. The molecule has 3 saturated carbocycles. The van der Waals surface area contributed by atoms with E-state index in [2.05, 4.69) is 51.3 Å². The fourth-order valence-electron chi connectivity index (χ4n) is 7.36. The van der Waals surface area contributed by atoms with E-state index in [-0.39, 0.29) is 0 Å². The smallest absolute Gasteiger partial charge is 0.0809 e. The average molecular weight is 444 g/mol. The number of rotatable bonds is 4. The van der Waals surface area contributed by atoms with Gasteiger partial charge in [0.2, 0.25) is 0 Å². The summed E-state index contributed by atoms with van der Waals surface area (Å²) in [7, 11) is 0. The molecule has 4 fully saturated rings. The van der Waals surface area contributed by atoms with Crippen LogP contribution in [0.15, 0.2) is 35.5 Å². The van der Waals surface area contributed by atoms with Gasteiger partial charge < -0.3 is 14.9 Å². The van der Waals surface area contributed by atoms with Crippen molar-refractivity contribution < 1.29 is 14.9 Å². The predicted octanol–water partition coefficient (Wildman–Crippen LogP) is 4.87. The lowest BCUT2D eigenvalue weighted by Gasteiger charge is -2.46. The minimum Gasteiger partial charge on any atom is -0.388 e. The quantitative estimate of drug-likeness (QED) is 0.609. The molecule has 1 heterocycles. The van der Waals surface area contributed by atoms with Crippen LogP contribution in [0.4, 0.5) is 0 Å². The van der Waals surface area contributed by atoms with Crippen molar-refractivity contribution in [2.24, 2.45) is 23.2 Å². The van der Waals surface area contributed by atoms with Gasteiger partial charge in [-0.2, -0.15) is 0 Å². The molecule has 4 heteroatoms. The van der Waals surface area contributed by atoms with Crippen LogP contribution in [0.2, 0.25) is 0 Å². The molecule has 1 saturated heterocycles. The standard InChI is InChI=1S/C28H45NO3/c1-18(15-29-16-20(3)32-17-19(29)2)24-10-11-25-23(7-6-12-28(24,25)5)9-8-22-13-26(30)21(4)27(31)14-22/h8-9,18-20,24-27,30-31H,4,6-7,10-17H2,1-3,5H3/t18?,19-,20-,24-,25+,26-,27-,28-/m1/s1. The normalized spacial score (nSPS) is 43.4. The van der Waals surface area contributed by atoms with Crippen LogP contribution in [0.1, 0.15) is 72.6 Å². The van der Waals surface area contributed by atoms with Crippen molar-refractivity contribution in [1.29, 1.82) is 0 Å². The van der Waals surface area contributed by atoms with Gasteiger partial charge in [-0.3, -0.25) is 4.90 Å². The minimum atomic E-state index is -0.609. The topological polar surface area (TPSA) is 52.9 Å². The Morgan fingerprint density at radius 1 is 1.19 bits per heavy atom. The Bertz CT molecular complexity index is 742. The molecule has 1 aliphatic heterocycles. The van der Waals surface area contributed by atoms with Crippen molar-refractivity contribution in [1.82, 2.24) is 4.90 Å². The van der Waals surface area contributed by atoms with Crippen LogP contribution in [-0.2, 0) is 4.74 Å². The molecule has 3 aliphatic carbocycles. The largest absolute Gasteiger partial charge is 0.388 e. The monoisotopic (exact) mass is 443 g/mol. The van der Waals surface area contributed by atoms with E-state index >= 15 is 0 Å². The maximum absolute atomic E-state index is 10.2. The van der Waals surface area contributed by atoms with Crippen LogP contribution >= 0.6 is 0 Å². The van der Waals surface area contributed by atoms with Crippen molar-refractivity contribution >= 4 is 0 Å². The molecule has 1 unspecified atom stereocenters. The van der Waals surface area contributed by atoms with E-state index in [1.165, 1.54) is 38.6 Å². The summed E-state index contributed by atoms with van der Waals surface area (Å²) < 4.78 is 5.85. The Hall–Kier alpha value is -0.940. The summed E-state index contributed by atoms with van der Waals surface area (Å²) in [6.07, 6.45) is 11.3. The van der Waals surface area contributed by atoms with Crippen LogP contribution in [0.25, 0.3) is 0 Å². The Balaban J connectivity index is 1.45. The summed E-state index contributed by atoms with van der Waals surface area (Å²) in [6, 6.07) is 0.518. The van der Waals surface area contributed by atoms with E-state index in [1.54, 1.807) is 5.57 Å². The lowest BCUT2D eigenvalue weighted by Crippen LogP contribution is -2.50. The van der Waals surface area contributed by atoms with E-state index in [0.717, 1.165) is 24.6 Å². The molecule has 32 heavy (non-hydrogen) atoms. The number of fused-ring (bicyclic) bond motifs is 1. The Kier molecular flexibility index (Phi) is 7.36. The molecule has 2 N–H and O–H groups in total. The molecule has 4 aliphatic rings. The molecule has 0 bridgehead atoms. The van der Waals surface area contributed by atoms with Gasteiger partial charge in [0.25, 0.3) is 0 Å². The first-order chi connectivity index (χ1) is 15.2. The highest BCUT2D eigenvalue weighted by Crippen LogP contribution is 2.59. The zero-order valence-corrected chi connectivity index (χ0v) is 20.7. The second-order valence-electron chi connectivity index (χ2n) is 11.6. The molecule has 0 aromatic carbocycles. The molecule has 0 aromatic heterocycles. The van der Waals surface area contributed by atoms with Gasteiger partial charge in [0.15, 0.2) is 0 Å². The highest BCUT2D eigenvalue weighted by molar-refractivity contribution is 5.29. The summed E-state index contributed by atoms with van der Waals surface area (Å²) in [5, 5.41) is 20.4. The molecule has 0 spiro atoms. The number of nitrogens with zero attached hydrogens (tertiary/aromatic N) is 1. The Labute approximate surface area is 195 Å². The fraction of sp³-hybridized carbons (Fsp3) is 0.786. The first-order valence-corrected chi connectivity index (χ1v) is 13.0. The Morgan fingerprint density at radius 3 is 2.62 bits per heavy atom. The van der Waals surface area contributed by atoms with Crippen LogP contribution in [0, 0.1) is 23.2 Å². The van der Waals surface area contributed by atoms with Crippen LogP contribution < -0.4 is 0 Å². The molecule has 8 atom stereocenters. The van der Waals surface area contributed by atoms with E-state index in [4.69, 9.17) is 4.74 Å². The van der Waals surface area contributed by atoms with Crippen LogP contribution in [0.5, 0.6) is 0 Å². The van der Waals surface area contributed by atoms with Crippen molar-refractivity contribution in [3.8, 4) is 0 Å². The third kappa shape index (κ3) is 4.80. The first kappa shape index (κ1) is 24.2. The molecular weight excluding hydrogens is 398 g/mol. The third-order valence-corrected chi connectivity index (χ3v) is 9.28. The Morgan fingerprint density at radius 2 is 1.91 bits per heavy atom. The van der Waals surface area contributed by atoms with E-state index < -0.39 is 12.2 Å². The number of aliphatic hydroxyl groups is 2. The average Bonchev–Trinajstić information content (AvgIpc) is 3.10. The molecule has 4 rings (SSSR count). The molecule has 4 nitrogen and oxygen atoms in total. The number of ether oxygens (including phenoxy) is 1. The van der Waals surface area contributed by atoms with E-state index in [9.17, 15) is 10.2 Å². The van der Waals surface area contributed by atoms with Gasteiger partial charge in [0.1, 0.15) is 0 Å². The van der Waals surface area contributed by atoms with E-state index in [1.807, 2.05) is 0 Å². The van der Waals surface area contributed by atoms with Gasteiger partial charge in [-0.1, -0.05) is 43.7 Å². The summed E-state index contributed by atoms with van der Waals surface area (Å²) >= 11 is 0. The second kappa shape index (κ2) is 9.74. The lowest BCUT2D eigenvalue weighted by molar-refractivity contribution is -0.0596. The van der Waals surface area contributed by atoms with Gasteiger partial charge in [-0.25, -0.2) is 0 Å². The predicted molar refractivity (Wildman–Crippen MR) is 130 cm³/mol. The van der Waals surface area contributed by atoms with Gasteiger partial charge in [-0.05, 0) is 87.5 Å². The molecule has 0 amide bonds. The number of morpholine rings is 1. The van der Waals surface area contributed by atoms with Gasteiger partial charge in [0, 0.05) is 19.1 Å². The summed E-state index contributed by atoms with van der Waals surface area (Å²) in [5.41, 5.74) is 3.71. The number of aliphatic hydroxyl groups excluding tert-OH is 2. The SMILES string of the molecule is C=C1[C@H](O)CC(=CC=C2CCC[C@]3(C)[C@@H](C(C)CN4C[C@@H](C)OC[C@H]4C)CC[C@@H]23)C[C@H]1O.